The van der Waals surface area contributed by atoms with E-state index < -0.39 is 11.6 Å². The zero-order chi connectivity index (χ0) is 16.5. The molecule has 0 bridgehead atoms. The Labute approximate surface area is 142 Å². The second kappa shape index (κ2) is 6.37. The molecule has 6 heteroatoms. The molecule has 3 nitrogen and oxygen atoms in total. The second-order valence-corrected chi connectivity index (χ2v) is 6.71. The molecule has 2 aromatic carbocycles. The van der Waals surface area contributed by atoms with Crippen LogP contribution < -0.4 is 10.2 Å². The van der Waals surface area contributed by atoms with Crippen molar-refractivity contribution in [2.24, 2.45) is 0 Å². The van der Waals surface area contributed by atoms with Gasteiger partial charge in [0.1, 0.15) is 11.6 Å². The van der Waals surface area contributed by atoms with E-state index in [1.54, 1.807) is 11.3 Å². The molecule has 1 N–H and O–H groups in total. The molecule has 2 heterocycles. The molecule has 24 heavy (non-hydrogen) atoms. The highest BCUT2D eigenvalue weighted by atomic mass is 32.1. The van der Waals surface area contributed by atoms with Gasteiger partial charge in [0.05, 0.1) is 23.9 Å². The number of fused-ring (bicyclic) bond motifs is 1. The lowest BCUT2D eigenvalue weighted by Crippen LogP contribution is -2.35. The number of hydrogen-bond donors (Lipinski definition) is 1. The molecule has 1 aliphatic heterocycles. The summed E-state index contributed by atoms with van der Waals surface area (Å²) in [4.78, 5) is 2.30. The van der Waals surface area contributed by atoms with Gasteiger partial charge in [-0.3, -0.25) is 0 Å². The average molecular weight is 346 g/mol. The maximum absolute atomic E-state index is 13.9. The number of halogens is 2. The molecule has 124 valence electrons. The summed E-state index contributed by atoms with van der Waals surface area (Å²) >= 11 is 1.71. The van der Waals surface area contributed by atoms with Gasteiger partial charge in [0, 0.05) is 34.9 Å². The summed E-state index contributed by atoms with van der Waals surface area (Å²) in [6.45, 7) is 3.23. The van der Waals surface area contributed by atoms with Crippen LogP contribution in [0.5, 0.6) is 0 Å². The Morgan fingerprint density at radius 2 is 1.83 bits per heavy atom. The molecule has 0 aliphatic carbocycles. The van der Waals surface area contributed by atoms with Gasteiger partial charge in [-0.05, 0) is 30.3 Å². The highest BCUT2D eigenvalue weighted by molar-refractivity contribution is 7.22. The molecule has 4 rings (SSSR count). The molecule has 0 unspecified atom stereocenters. The molecular weight excluding hydrogens is 330 g/mol. The number of hydrogen-bond acceptors (Lipinski definition) is 4. The minimum Gasteiger partial charge on any atom is -0.378 e. The Morgan fingerprint density at radius 1 is 1.00 bits per heavy atom. The van der Waals surface area contributed by atoms with Crippen molar-refractivity contribution in [2.45, 2.75) is 0 Å². The molecule has 0 radical (unpaired) electrons. The van der Waals surface area contributed by atoms with Crippen LogP contribution in [0.1, 0.15) is 0 Å². The number of nitrogens with zero attached hydrogens (tertiary/aromatic N) is 1. The molecule has 1 aromatic heterocycles. The third-order valence-electron chi connectivity index (χ3n) is 4.07. The van der Waals surface area contributed by atoms with Crippen molar-refractivity contribution in [1.29, 1.82) is 0 Å². The van der Waals surface area contributed by atoms with Gasteiger partial charge in [-0.2, -0.15) is 0 Å². The van der Waals surface area contributed by atoms with E-state index >= 15 is 0 Å². The summed E-state index contributed by atoms with van der Waals surface area (Å²) in [6, 6.07) is 11.6. The zero-order valence-corrected chi connectivity index (χ0v) is 13.7. The monoisotopic (exact) mass is 346 g/mol. The summed E-state index contributed by atoms with van der Waals surface area (Å²) < 4.78 is 33.5. The van der Waals surface area contributed by atoms with Crippen LogP contribution in [-0.4, -0.2) is 26.3 Å². The van der Waals surface area contributed by atoms with E-state index in [0.29, 0.717) is 0 Å². The minimum atomic E-state index is -0.601. The van der Waals surface area contributed by atoms with Crippen molar-refractivity contribution >= 4 is 37.8 Å². The fourth-order valence-electron chi connectivity index (χ4n) is 2.83. The first-order chi connectivity index (χ1) is 11.7. The van der Waals surface area contributed by atoms with Gasteiger partial charge in [0.2, 0.25) is 0 Å². The first-order valence-electron chi connectivity index (χ1n) is 7.78. The molecule has 0 spiro atoms. The molecule has 3 aromatic rings. The third-order valence-corrected chi connectivity index (χ3v) is 5.23. The molecular formula is C18H16F2N2OS. The predicted molar refractivity (Wildman–Crippen MR) is 94.5 cm³/mol. The standard InChI is InChI=1S/C18H16F2N2OS/c19-12-4-5-16(14(20)10-12)21-15-2-1-3-17-13(15)11-18(24-17)22-6-8-23-9-7-22/h1-5,10-11,21H,6-9H2. The van der Waals surface area contributed by atoms with Gasteiger partial charge in [0.15, 0.2) is 0 Å². The minimum absolute atomic E-state index is 0.267. The van der Waals surface area contributed by atoms with Crippen LogP contribution in [0.25, 0.3) is 10.1 Å². The van der Waals surface area contributed by atoms with Crippen LogP contribution in [-0.2, 0) is 4.74 Å². The number of ether oxygens (including phenoxy) is 1. The normalized spacial score (nSPS) is 15.0. The Bertz CT molecular complexity index is 875. The fourth-order valence-corrected chi connectivity index (χ4v) is 3.97. The van der Waals surface area contributed by atoms with Gasteiger partial charge >= 0.3 is 0 Å². The van der Waals surface area contributed by atoms with Crippen LogP contribution in [0.3, 0.4) is 0 Å². The highest BCUT2D eigenvalue weighted by Gasteiger charge is 2.15. The van der Waals surface area contributed by atoms with E-state index in [4.69, 9.17) is 4.74 Å². The topological polar surface area (TPSA) is 24.5 Å². The average Bonchev–Trinajstić information content (AvgIpc) is 3.03. The van der Waals surface area contributed by atoms with E-state index in [2.05, 4.69) is 22.3 Å². The number of benzene rings is 2. The second-order valence-electron chi connectivity index (χ2n) is 5.65. The smallest absolute Gasteiger partial charge is 0.149 e. The van der Waals surface area contributed by atoms with E-state index in [1.807, 2.05) is 12.1 Å². The Balaban J connectivity index is 1.69. The van der Waals surface area contributed by atoms with Crippen molar-refractivity contribution in [3.8, 4) is 0 Å². The summed E-state index contributed by atoms with van der Waals surface area (Å²) in [6.07, 6.45) is 0. The molecule has 0 amide bonds. The number of nitrogens with one attached hydrogen (secondary N) is 1. The number of morpholine rings is 1. The fraction of sp³-hybridized carbons (Fsp3) is 0.222. The lowest BCUT2D eigenvalue weighted by atomic mass is 10.2. The largest absolute Gasteiger partial charge is 0.378 e. The van der Waals surface area contributed by atoms with E-state index in [-0.39, 0.29) is 5.69 Å². The molecule has 1 saturated heterocycles. The maximum atomic E-state index is 13.9. The SMILES string of the molecule is Fc1ccc(Nc2cccc3sc(N4CCOCC4)cc23)c(F)c1. The Morgan fingerprint density at radius 3 is 2.62 bits per heavy atom. The van der Waals surface area contributed by atoms with Gasteiger partial charge in [-0.25, -0.2) is 8.78 Å². The van der Waals surface area contributed by atoms with Crippen LogP contribution in [0, 0.1) is 11.6 Å². The van der Waals surface area contributed by atoms with Crippen LogP contribution >= 0.6 is 11.3 Å². The van der Waals surface area contributed by atoms with Gasteiger partial charge in [-0.15, -0.1) is 11.3 Å². The van der Waals surface area contributed by atoms with Crippen molar-refractivity contribution < 1.29 is 13.5 Å². The van der Waals surface area contributed by atoms with Crippen molar-refractivity contribution in [3.63, 3.8) is 0 Å². The summed E-state index contributed by atoms with van der Waals surface area (Å²) in [7, 11) is 0. The summed E-state index contributed by atoms with van der Waals surface area (Å²) in [5.74, 6) is -1.18. The lowest BCUT2D eigenvalue weighted by Gasteiger charge is -2.27. The maximum Gasteiger partial charge on any atom is 0.149 e. The van der Waals surface area contributed by atoms with Crippen molar-refractivity contribution in [1.82, 2.24) is 0 Å². The quantitative estimate of drug-likeness (QED) is 0.740. The molecule has 1 fully saturated rings. The first kappa shape index (κ1) is 15.4. The van der Waals surface area contributed by atoms with Crippen LogP contribution in [0.2, 0.25) is 0 Å². The highest BCUT2D eigenvalue weighted by Crippen LogP contribution is 2.38. The molecule has 1 aliphatic rings. The molecule has 0 atom stereocenters. The summed E-state index contributed by atoms with van der Waals surface area (Å²) in [5, 5.41) is 5.30. The summed E-state index contributed by atoms with van der Waals surface area (Å²) in [5.41, 5.74) is 1.08. The van der Waals surface area contributed by atoms with Gasteiger partial charge in [0.25, 0.3) is 0 Å². The number of anilines is 3. The van der Waals surface area contributed by atoms with Crippen LogP contribution in [0.4, 0.5) is 25.2 Å². The van der Waals surface area contributed by atoms with Crippen molar-refractivity contribution in [2.75, 3.05) is 36.5 Å². The predicted octanol–water partition coefficient (Wildman–Crippen LogP) is 4.76. The van der Waals surface area contributed by atoms with E-state index in [0.717, 1.165) is 48.1 Å². The van der Waals surface area contributed by atoms with Gasteiger partial charge in [-0.1, -0.05) is 6.07 Å². The number of rotatable bonds is 3. The van der Waals surface area contributed by atoms with Crippen LogP contribution in [0.15, 0.2) is 42.5 Å². The zero-order valence-electron chi connectivity index (χ0n) is 12.9. The Kier molecular flexibility index (Phi) is 4.08. The lowest BCUT2D eigenvalue weighted by molar-refractivity contribution is 0.123. The van der Waals surface area contributed by atoms with Crippen molar-refractivity contribution in [3.05, 3.63) is 54.1 Å². The molecule has 0 saturated carbocycles. The Hall–Kier alpha value is -2.18. The first-order valence-corrected chi connectivity index (χ1v) is 8.60. The van der Waals surface area contributed by atoms with E-state index in [1.165, 1.54) is 17.1 Å². The number of thiophene rings is 1. The van der Waals surface area contributed by atoms with Gasteiger partial charge < -0.3 is 15.0 Å². The van der Waals surface area contributed by atoms with E-state index in [9.17, 15) is 8.78 Å². The third kappa shape index (κ3) is 2.95.